The molecule has 4 N–H and O–H groups in total. The molecule has 1 amide bonds. The summed E-state index contributed by atoms with van der Waals surface area (Å²) in [6.45, 7) is 10.4. The molecule has 2 aliphatic rings. The van der Waals surface area contributed by atoms with E-state index in [-0.39, 0.29) is 17.5 Å². The number of likely N-dealkylation sites (N-methyl/N-ethyl adjacent to an activating group) is 1. The van der Waals surface area contributed by atoms with E-state index in [1.54, 1.807) is 30.3 Å². The van der Waals surface area contributed by atoms with Gasteiger partial charge in [-0.25, -0.2) is 0 Å². The Bertz CT molecular complexity index is 1230. The Hall–Kier alpha value is -3.11. The number of aromatic amines is 1. The highest BCUT2D eigenvalue weighted by Gasteiger charge is 2.29. The van der Waals surface area contributed by atoms with Crippen LogP contribution >= 0.6 is 10.6 Å². The number of H-pyrrole nitrogens is 1. The molecule has 0 unspecified atom stereocenters. The summed E-state index contributed by atoms with van der Waals surface area (Å²) in [4.78, 5) is 25.1. The molecule has 2 aliphatic heterocycles. The number of aromatic hydroxyl groups is 1. The lowest BCUT2D eigenvalue weighted by Crippen LogP contribution is -2.48. The number of hydrogen-bond acceptors (Lipinski definition) is 6. The van der Waals surface area contributed by atoms with Crippen LogP contribution in [0.4, 0.5) is 0 Å². The summed E-state index contributed by atoms with van der Waals surface area (Å²) in [5.74, 6) is -0.0613. The molecule has 0 radical (unpaired) electrons. The summed E-state index contributed by atoms with van der Waals surface area (Å²) in [5.41, 5.74) is 3.76. The number of piperazine rings is 1. The van der Waals surface area contributed by atoms with E-state index in [0.29, 0.717) is 40.5 Å². The van der Waals surface area contributed by atoms with Crippen LogP contribution in [0.25, 0.3) is 6.08 Å². The molecule has 3 rings (SSSR count). The van der Waals surface area contributed by atoms with Crippen LogP contribution in [-0.2, 0) is 4.79 Å². The normalized spacial score (nSPS) is 19.0. The Kier molecular flexibility index (Phi) is 9.56. The number of aliphatic imine (C=N–C) groups is 1. The summed E-state index contributed by atoms with van der Waals surface area (Å²) >= 11 is 0. The lowest BCUT2D eigenvalue weighted by Gasteiger charge is -2.32. The first-order valence-electron chi connectivity index (χ1n) is 12.3. The number of rotatable bonds is 6. The maximum Gasteiger partial charge on any atom is 0.256 e. The SMILES string of the molecule is CC=CC(=CC)CS(O)(O)c1ccc[nH]c(O)c(C=C2N=C(C)C(C(=O)N3CCN(C)CC3)=C2C)cc1. The average molecular weight is 527 g/mol. The fourth-order valence-electron chi connectivity index (χ4n) is 4.24. The molecule has 37 heavy (non-hydrogen) atoms. The van der Waals surface area contributed by atoms with E-state index in [1.165, 1.54) is 6.20 Å². The monoisotopic (exact) mass is 526 g/mol. The third-order valence-corrected chi connectivity index (χ3v) is 8.24. The number of nitrogens with one attached hydrogen (secondary N) is 1. The van der Waals surface area contributed by atoms with Crippen molar-refractivity contribution in [2.45, 2.75) is 32.6 Å². The van der Waals surface area contributed by atoms with Gasteiger partial charge in [0.2, 0.25) is 0 Å². The molecule has 1 saturated heterocycles. The Labute approximate surface area is 221 Å². The molecule has 0 aliphatic carbocycles. The molecular weight excluding hydrogens is 488 g/mol. The van der Waals surface area contributed by atoms with Gasteiger partial charge >= 0.3 is 0 Å². The molecule has 9 heteroatoms. The molecule has 1 aromatic heterocycles. The van der Waals surface area contributed by atoms with Gasteiger partial charge in [0.15, 0.2) is 5.88 Å². The Balaban J connectivity index is 1.99. The fourth-order valence-corrected chi connectivity index (χ4v) is 5.72. The summed E-state index contributed by atoms with van der Waals surface area (Å²) in [7, 11) is -1.09. The number of hydrogen-bond donors (Lipinski definition) is 4. The number of aromatic nitrogens is 1. The Morgan fingerprint density at radius 1 is 1.14 bits per heavy atom. The molecule has 0 aromatic carbocycles. The van der Waals surface area contributed by atoms with Crippen LogP contribution in [0.1, 0.15) is 33.3 Å². The van der Waals surface area contributed by atoms with Crippen LogP contribution in [0.2, 0.25) is 0 Å². The van der Waals surface area contributed by atoms with E-state index < -0.39 is 10.6 Å². The van der Waals surface area contributed by atoms with E-state index in [2.05, 4.69) is 14.9 Å². The number of nitrogens with zero attached hydrogens (tertiary/aromatic N) is 3. The zero-order valence-corrected chi connectivity index (χ0v) is 23.0. The second kappa shape index (κ2) is 12.4. The molecule has 3 heterocycles. The van der Waals surface area contributed by atoms with Gasteiger partial charge in [-0.15, -0.1) is 0 Å². The van der Waals surface area contributed by atoms with Crippen molar-refractivity contribution in [3.05, 3.63) is 76.7 Å². The smallest absolute Gasteiger partial charge is 0.256 e. The maximum absolute atomic E-state index is 13.3. The van der Waals surface area contributed by atoms with Crippen molar-refractivity contribution < 1.29 is 19.0 Å². The first kappa shape index (κ1) is 28.5. The lowest BCUT2D eigenvalue weighted by atomic mass is 10.0. The maximum atomic E-state index is 13.3. The van der Waals surface area contributed by atoms with Crippen molar-refractivity contribution in [1.82, 2.24) is 14.8 Å². The molecule has 1 fully saturated rings. The summed E-state index contributed by atoms with van der Waals surface area (Å²) in [6, 6.07) is 6.44. The van der Waals surface area contributed by atoms with Crippen LogP contribution in [0.15, 0.2) is 81.0 Å². The number of allylic oxidation sites excluding steroid dienone is 4. The zero-order valence-electron chi connectivity index (χ0n) is 22.2. The van der Waals surface area contributed by atoms with E-state index in [4.69, 9.17) is 0 Å². The Morgan fingerprint density at radius 3 is 2.49 bits per heavy atom. The van der Waals surface area contributed by atoms with Crippen LogP contribution in [0.5, 0.6) is 5.88 Å². The second-order valence-electron chi connectivity index (χ2n) is 9.21. The third kappa shape index (κ3) is 7.01. The lowest BCUT2D eigenvalue weighted by molar-refractivity contribution is -0.128. The number of carbonyl (C=O) groups excluding carboxylic acids is 1. The van der Waals surface area contributed by atoms with Gasteiger partial charge in [0, 0.05) is 37.9 Å². The van der Waals surface area contributed by atoms with E-state index in [0.717, 1.165) is 24.2 Å². The molecule has 8 nitrogen and oxygen atoms in total. The van der Waals surface area contributed by atoms with Crippen molar-refractivity contribution >= 4 is 28.3 Å². The molecule has 0 atom stereocenters. The van der Waals surface area contributed by atoms with Gasteiger partial charge in [-0.05, 0) is 76.2 Å². The molecule has 1 aromatic rings. The number of amides is 1. The predicted octanol–water partition coefficient (Wildman–Crippen LogP) is 5.38. The van der Waals surface area contributed by atoms with Crippen molar-refractivity contribution in [2.24, 2.45) is 4.99 Å². The highest BCUT2D eigenvalue weighted by molar-refractivity contribution is 8.24. The standard InChI is InChI=1S/C28H38N4O4S/c1-6-9-22(7-2)19-37(35,36)24-10-8-13-29-27(33)23(11-12-24)18-25-20(3)26(21(4)30-25)28(34)32-16-14-31(5)15-17-32/h6-13,18,29,33,35-36H,14-17,19H2,1-5H3. The van der Waals surface area contributed by atoms with Crippen LogP contribution < -0.4 is 0 Å². The minimum atomic E-state index is -3.14. The quantitative estimate of drug-likeness (QED) is 0.372. The second-order valence-corrected chi connectivity index (χ2v) is 11.3. The van der Waals surface area contributed by atoms with Gasteiger partial charge in [-0.2, -0.15) is 10.6 Å². The Morgan fingerprint density at radius 2 is 1.84 bits per heavy atom. The van der Waals surface area contributed by atoms with Gasteiger partial charge in [0.25, 0.3) is 5.91 Å². The molecule has 0 saturated carbocycles. The van der Waals surface area contributed by atoms with Gasteiger partial charge in [0.05, 0.1) is 27.6 Å². The predicted molar refractivity (Wildman–Crippen MR) is 153 cm³/mol. The van der Waals surface area contributed by atoms with Gasteiger partial charge in [-0.1, -0.05) is 18.2 Å². The first-order chi connectivity index (χ1) is 17.6. The molecule has 200 valence electrons. The van der Waals surface area contributed by atoms with Crippen LogP contribution in [0, 0.1) is 0 Å². The highest BCUT2D eigenvalue weighted by atomic mass is 32.3. The fraction of sp³-hybridized carbons (Fsp3) is 0.357. The molecular formula is C28H38N4O4S. The van der Waals surface area contributed by atoms with Gasteiger partial charge in [0.1, 0.15) is 0 Å². The minimum absolute atomic E-state index is 0.0282. The first-order valence-corrected chi connectivity index (χ1v) is 14.0. The van der Waals surface area contributed by atoms with Crippen molar-refractivity contribution in [1.29, 1.82) is 0 Å². The van der Waals surface area contributed by atoms with Crippen molar-refractivity contribution in [3.63, 3.8) is 0 Å². The zero-order chi connectivity index (χ0) is 27.2. The minimum Gasteiger partial charge on any atom is -0.494 e. The van der Waals surface area contributed by atoms with E-state index in [1.807, 2.05) is 57.9 Å². The van der Waals surface area contributed by atoms with Crippen LogP contribution in [0.3, 0.4) is 0 Å². The molecule has 0 spiro atoms. The summed E-state index contributed by atoms with van der Waals surface area (Å²) < 4.78 is 21.9. The molecule has 0 bridgehead atoms. The highest BCUT2D eigenvalue weighted by Crippen LogP contribution is 2.49. The largest absolute Gasteiger partial charge is 0.494 e. The van der Waals surface area contributed by atoms with Gasteiger partial charge < -0.3 is 19.9 Å². The van der Waals surface area contributed by atoms with Crippen molar-refractivity contribution in [3.8, 4) is 5.88 Å². The third-order valence-electron chi connectivity index (χ3n) is 6.48. The van der Waals surface area contributed by atoms with E-state index in [9.17, 15) is 19.0 Å². The summed E-state index contributed by atoms with van der Waals surface area (Å²) in [5, 5.41) is 10.7. The van der Waals surface area contributed by atoms with E-state index >= 15 is 0 Å². The number of carbonyl (C=O) groups is 1. The van der Waals surface area contributed by atoms with Crippen molar-refractivity contribution in [2.75, 3.05) is 39.0 Å². The topological polar surface area (TPSA) is 112 Å². The van der Waals surface area contributed by atoms with Crippen LogP contribution in [-0.4, -0.2) is 79.6 Å². The van der Waals surface area contributed by atoms with Gasteiger partial charge in [-0.3, -0.25) is 18.9 Å². The summed E-state index contributed by atoms with van der Waals surface area (Å²) in [6.07, 6.45) is 8.77. The average Bonchev–Trinajstić information content (AvgIpc) is 3.18.